The Morgan fingerprint density at radius 2 is 1.68 bits per heavy atom. The molecule has 1 aliphatic carbocycles. The maximum Gasteiger partial charge on any atom is 0.201 e. The van der Waals surface area contributed by atoms with Crippen LogP contribution in [0.2, 0.25) is 5.02 Å². The monoisotopic (exact) mass is 408 g/mol. The van der Waals surface area contributed by atoms with Crippen molar-refractivity contribution in [3.8, 4) is 16.9 Å². The van der Waals surface area contributed by atoms with Gasteiger partial charge in [-0.05, 0) is 49.8 Å². The van der Waals surface area contributed by atoms with E-state index in [1.807, 2.05) is 0 Å². The lowest BCUT2D eigenvalue weighted by molar-refractivity contribution is 0.314. The fourth-order valence-electron chi connectivity index (χ4n) is 3.82. The van der Waals surface area contributed by atoms with Crippen LogP contribution in [0.25, 0.3) is 16.7 Å². The number of halogens is 4. The molecule has 0 N–H and O–H groups in total. The summed E-state index contributed by atoms with van der Waals surface area (Å²) in [5.74, 6) is -2.32. The fraction of sp³-hybridized carbons (Fsp3) is 0.391. The quantitative estimate of drug-likeness (QED) is 0.473. The molecule has 1 nitrogen and oxygen atoms in total. The molecule has 0 bridgehead atoms. The van der Waals surface area contributed by atoms with Crippen molar-refractivity contribution in [3.63, 3.8) is 0 Å². The standard InChI is InChI=1S/C23H24ClF3O/c1-3-5-14-6-8-15(9-7-14)16-10-11-17(20(24)21(16)25)18-12-13-19(28-4-2)23(27)22(18)26/h8,10-14H,3-7,9H2,1-2H3. The maximum absolute atomic E-state index is 15.0. The van der Waals surface area contributed by atoms with Gasteiger partial charge < -0.3 is 4.74 Å². The molecule has 2 aromatic carbocycles. The third kappa shape index (κ3) is 4.07. The molecular formula is C23H24ClF3O. The Kier molecular flexibility index (Phi) is 6.71. The SMILES string of the molecule is CCCC1CC=C(c2ccc(-c3ccc(OCC)c(F)c3F)c(Cl)c2F)CC1. The zero-order valence-electron chi connectivity index (χ0n) is 16.1. The van der Waals surface area contributed by atoms with E-state index in [0.29, 0.717) is 11.5 Å². The van der Waals surface area contributed by atoms with E-state index in [2.05, 4.69) is 13.0 Å². The van der Waals surface area contributed by atoms with Gasteiger partial charge in [-0.15, -0.1) is 0 Å². The second-order valence-electron chi connectivity index (χ2n) is 7.12. The number of hydrogen-bond donors (Lipinski definition) is 0. The van der Waals surface area contributed by atoms with E-state index in [-0.39, 0.29) is 28.5 Å². The molecule has 0 fully saturated rings. The van der Waals surface area contributed by atoms with Crippen molar-refractivity contribution < 1.29 is 17.9 Å². The van der Waals surface area contributed by atoms with Crippen molar-refractivity contribution >= 4 is 17.2 Å². The smallest absolute Gasteiger partial charge is 0.201 e. The van der Waals surface area contributed by atoms with E-state index in [1.165, 1.54) is 18.6 Å². The number of ether oxygens (including phenoxy) is 1. The van der Waals surface area contributed by atoms with E-state index in [9.17, 15) is 13.2 Å². The highest BCUT2D eigenvalue weighted by Gasteiger charge is 2.22. The van der Waals surface area contributed by atoms with Crippen molar-refractivity contribution in [2.24, 2.45) is 5.92 Å². The largest absolute Gasteiger partial charge is 0.491 e. The Hall–Kier alpha value is -1.94. The molecule has 3 rings (SSSR count). The first-order valence-electron chi connectivity index (χ1n) is 9.76. The van der Waals surface area contributed by atoms with Gasteiger partial charge in [0.05, 0.1) is 11.6 Å². The Morgan fingerprint density at radius 1 is 0.964 bits per heavy atom. The summed E-state index contributed by atoms with van der Waals surface area (Å²) in [7, 11) is 0. The van der Waals surface area contributed by atoms with Gasteiger partial charge in [-0.25, -0.2) is 8.78 Å². The lowest BCUT2D eigenvalue weighted by Crippen LogP contribution is -2.06. The van der Waals surface area contributed by atoms with E-state index in [4.69, 9.17) is 16.3 Å². The fourth-order valence-corrected chi connectivity index (χ4v) is 4.08. The predicted molar refractivity (Wildman–Crippen MR) is 108 cm³/mol. The highest BCUT2D eigenvalue weighted by molar-refractivity contribution is 6.33. The van der Waals surface area contributed by atoms with Gasteiger partial charge in [0.1, 0.15) is 5.82 Å². The zero-order chi connectivity index (χ0) is 20.3. The van der Waals surface area contributed by atoms with E-state index >= 15 is 0 Å². The van der Waals surface area contributed by atoms with Gasteiger partial charge in [-0.2, -0.15) is 4.39 Å². The van der Waals surface area contributed by atoms with Crippen molar-refractivity contribution in [3.05, 3.63) is 58.4 Å². The molecule has 5 heteroatoms. The van der Waals surface area contributed by atoms with Crippen LogP contribution >= 0.6 is 11.6 Å². The first-order chi connectivity index (χ1) is 13.5. The first-order valence-corrected chi connectivity index (χ1v) is 10.1. The molecule has 0 spiro atoms. The summed E-state index contributed by atoms with van der Waals surface area (Å²) in [6, 6.07) is 5.85. The van der Waals surface area contributed by atoms with Crippen molar-refractivity contribution in [1.82, 2.24) is 0 Å². The van der Waals surface area contributed by atoms with E-state index < -0.39 is 17.5 Å². The molecule has 2 aromatic rings. The number of benzene rings is 2. The molecular weight excluding hydrogens is 385 g/mol. The van der Waals surface area contributed by atoms with Crippen LogP contribution in [0.1, 0.15) is 51.5 Å². The van der Waals surface area contributed by atoms with E-state index in [0.717, 1.165) is 31.3 Å². The van der Waals surface area contributed by atoms with Crippen LogP contribution in [0, 0.1) is 23.4 Å². The molecule has 0 saturated heterocycles. The summed E-state index contributed by atoms with van der Waals surface area (Å²) in [6.45, 7) is 4.06. The molecule has 0 saturated carbocycles. The van der Waals surface area contributed by atoms with Crippen LogP contribution in [0.5, 0.6) is 5.75 Å². The first kappa shape index (κ1) is 20.8. The Bertz CT molecular complexity index is 892. The van der Waals surface area contributed by atoms with Crippen LogP contribution in [0.15, 0.2) is 30.3 Å². The van der Waals surface area contributed by atoms with Crippen molar-refractivity contribution in [1.29, 1.82) is 0 Å². The Labute approximate surface area is 169 Å². The second-order valence-corrected chi connectivity index (χ2v) is 7.50. The van der Waals surface area contributed by atoms with Crippen LogP contribution < -0.4 is 4.74 Å². The summed E-state index contributed by atoms with van der Waals surface area (Å²) < 4.78 is 48.8. The number of rotatable bonds is 6. The minimum absolute atomic E-state index is 0.0861. The Morgan fingerprint density at radius 3 is 2.32 bits per heavy atom. The minimum Gasteiger partial charge on any atom is -0.491 e. The lowest BCUT2D eigenvalue weighted by atomic mass is 9.84. The summed E-state index contributed by atoms with van der Waals surface area (Å²) >= 11 is 6.23. The van der Waals surface area contributed by atoms with Crippen molar-refractivity contribution in [2.45, 2.75) is 46.0 Å². The molecule has 0 aromatic heterocycles. The highest BCUT2D eigenvalue weighted by Crippen LogP contribution is 2.40. The van der Waals surface area contributed by atoms with Gasteiger partial charge in [-0.3, -0.25) is 0 Å². The summed E-state index contributed by atoms with van der Waals surface area (Å²) in [6.07, 6.45) is 7.15. The number of hydrogen-bond acceptors (Lipinski definition) is 1. The normalized spacial score (nSPS) is 16.8. The maximum atomic E-state index is 15.0. The molecule has 0 radical (unpaired) electrons. The van der Waals surface area contributed by atoms with Gasteiger partial charge >= 0.3 is 0 Å². The van der Waals surface area contributed by atoms with Gasteiger partial charge in [0.15, 0.2) is 11.6 Å². The van der Waals surface area contributed by atoms with Crippen LogP contribution in [-0.2, 0) is 0 Å². The van der Waals surface area contributed by atoms with Gasteiger partial charge in [0.25, 0.3) is 0 Å². The van der Waals surface area contributed by atoms with Gasteiger partial charge in [-0.1, -0.05) is 49.6 Å². The molecule has 0 heterocycles. The average molecular weight is 409 g/mol. The minimum atomic E-state index is -1.10. The lowest BCUT2D eigenvalue weighted by Gasteiger charge is -2.22. The number of allylic oxidation sites excluding steroid dienone is 2. The summed E-state index contributed by atoms with van der Waals surface area (Å²) in [4.78, 5) is 0. The molecule has 0 amide bonds. The topological polar surface area (TPSA) is 9.23 Å². The average Bonchev–Trinajstić information content (AvgIpc) is 2.69. The van der Waals surface area contributed by atoms with Crippen molar-refractivity contribution in [2.75, 3.05) is 6.61 Å². The Balaban J connectivity index is 1.95. The van der Waals surface area contributed by atoms with Crippen LogP contribution in [0.3, 0.4) is 0 Å². The highest BCUT2D eigenvalue weighted by atomic mass is 35.5. The van der Waals surface area contributed by atoms with E-state index in [1.54, 1.807) is 19.1 Å². The van der Waals surface area contributed by atoms with Crippen LogP contribution in [0.4, 0.5) is 13.2 Å². The molecule has 28 heavy (non-hydrogen) atoms. The van der Waals surface area contributed by atoms with Crippen LogP contribution in [-0.4, -0.2) is 6.61 Å². The molecule has 150 valence electrons. The van der Waals surface area contributed by atoms with Gasteiger partial charge in [0, 0.05) is 16.7 Å². The summed E-state index contributed by atoms with van der Waals surface area (Å²) in [5, 5.41) is -0.198. The zero-order valence-corrected chi connectivity index (χ0v) is 16.9. The molecule has 0 aliphatic heterocycles. The molecule has 1 aliphatic rings. The summed E-state index contributed by atoms with van der Waals surface area (Å²) in [5.41, 5.74) is 1.41. The second kappa shape index (κ2) is 9.04. The predicted octanol–water partition coefficient (Wildman–Crippen LogP) is 7.81. The third-order valence-electron chi connectivity index (χ3n) is 5.28. The molecule has 1 atom stereocenters. The molecule has 1 unspecified atom stereocenters. The van der Waals surface area contributed by atoms with Gasteiger partial charge in [0.2, 0.25) is 5.82 Å². The third-order valence-corrected chi connectivity index (χ3v) is 5.65.